The van der Waals surface area contributed by atoms with Crippen LogP contribution >= 0.6 is 46.4 Å². The van der Waals surface area contributed by atoms with Gasteiger partial charge in [-0.05, 0) is 0 Å². The molecule has 166 valence electrons. The van der Waals surface area contributed by atoms with Crippen LogP contribution in [0.15, 0.2) is 4.99 Å². The highest BCUT2D eigenvalue weighted by atomic mass is 35.5. The first kappa shape index (κ1) is 23.2. The molecule has 15 heteroatoms. The summed E-state index contributed by atoms with van der Waals surface area (Å²) in [5.41, 5.74) is -0.979. The van der Waals surface area contributed by atoms with Gasteiger partial charge in [-0.15, -0.1) is 0 Å². The van der Waals surface area contributed by atoms with Crippen LogP contribution in [0.5, 0.6) is 0 Å². The number of nitrogens with one attached hydrogen (secondary N) is 1. The van der Waals surface area contributed by atoms with Gasteiger partial charge in [-0.3, -0.25) is 4.99 Å². The summed E-state index contributed by atoms with van der Waals surface area (Å²) >= 11 is 23.8. The zero-order chi connectivity index (χ0) is 22.4. The van der Waals surface area contributed by atoms with E-state index in [4.69, 9.17) is 51.2 Å². The van der Waals surface area contributed by atoms with Gasteiger partial charge in [0.2, 0.25) is 5.82 Å². The predicted octanol–water partition coefficient (Wildman–Crippen LogP) is 4.62. The zero-order valence-corrected chi connectivity index (χ0v) is 18.0. The molecule has 1 aromatic carbocycles. The third-order valence-electron chi connectivity index (χ3n) is 4.13. The van der Waals surface area contributed by atoms with E-state index in [1.165, 1.54) is 0 Å². The van der Waals surface area contributed by atoms with E-state index in [9.17, 15) is 22.0 Å². The number of imidazole rings is 1. The van der Waals surface area contributed by atoms with Crippen molar-refractivity contribution in [1.29, 1.82) is 0 Å². The number of aromatic nitrogens is 2. The Hall–Kier alpha value is -1.43. The molecule has 0 saturated carbocycles. The van der Waals surface area contributed by atoms with Crippen LogP contribution in [0.25, 0.3) is 11.0 Å². The monoisotopic (exact) mass is 513 g/mol. The number of benzene rings is 1. The van der Waals surface area contributed by atoms with E-state index >= 15 is 0 Å². The van der Waals surface area contributed by atoms with Crippen molar-refractivity contribution in [3.05, 3.63) is 25.9 Å². The number of aliphatic imine (C=N–C) groups is 1. The van der Waals surface area contributed by atoms with Gasteiger partial charge >= 0.3 is 12.1 Å². The van der Waals surface area contributed by atoms with Gasteiger partial charge in [-0.25, -0.2) is 4.98 Å². The summed E-state index contributed by atoms with van der Waals surface area (Å²) < 4.78 is 67.5. The summed E-state index contributed by atoms with van der Waals surface area (Å²) in [7, 11) is 1.78. The summed E-state index contributed by atoms with van der Waals surface area (Å²) in [5.74, 6) is -6.60. The summed E-state index contributed by atoms with van der Waals surface area (Å²) in [4.78, 5) is 14.5. The van der Waals surface area contributed by atoms with Gasteiger partial charge in [0.05, 0.1) is 33.2 Å². The standard InChI is InChI=1S/C15H12Cl4F5N5O/c1-28-4-2-25-13(28)26-3-5-30-29-11-9(19)7(17)6(16)8(18)10(11)27-12(29)14(20,21)15(22,23)24/h2-5H2,1H3,(H,25,26). The topological polar surface area (TPSA) is 54.7 Å². The number of rotatable bonds is 5. The van der Waals surface area contributed by atoms with E-state index in [2.05, 4.69) is 15.3 Å². The van der Waals surface area contributed by atoms with Crippen molar-refractivity contribution in [2.24, 2.45) is 4.99 Å². The second-order valence-electron chi connectivity index (χ2n) is 6.14. The van der Waals surface area contributed by atoms with Crippen molar-refractivity contribution in [3.63, 3.8) is 0 Å². The largest absolute Gasteiger partial charge is 0.461 e. The van der Waals surface area contributed by atoms with Gasteiger partial charge in [-0.1, -0.05) is 46.4 Å². The molecule has 0 bridgehead atoms. The maximum absolute atomic E-state index is 14.2. The van der Waals surface area contributed by atoms with Gasteiger partial charge in [0.15, 0.2) is 5.96 Å². The van der Waals surface area contributed by atoms with E-state index in [1.54, 1.807) is 11.9 Å². The third-order valence-corrected chi connectivity index (χ3v) is 5.91. The lowest BCUT2D eigenvalue weighted by molar-refractivity contribution is -0.295. The first-order valence-electron chi connectivity index (χ1n) is 8.20. The van der Waals surface area contributed by atoms with Gasteiger partial charge in [0.25, 0.3) is 0 Å². The van der Waals surface area contributed by atoms with E-state index in [0.717, 1.165) is 0 Å². The molecule has 0 atom stereocenters. The van der Waals surface area contributed by atoms with Gasteiger partial charge in [0, 0.05) is 13.6 Å². The number of hydrogen-bond acceptors (Lipinski definition) is 5. The van der Waals surface area contributed by atoms with Crippen molar-refractivity contribution < 1.29 is 26.8 Å². The van der Waals surface area contributed by atoms with Crippen LogP contribution < -0.4 is 10.2 Å². The quantitative estimate of drug-likeness (QED) is 0.274. The Balaban J connectivity index is 2.02. The average Bonchev–Trinajstić information content (AvgIpc) is 3.25. The van der Waals surface area contributed by atoms with Crippen molar-refractivity contribution in [2.75, 3.05) is 33.3 Å². The second kappa shape index (κ2) is 8.25. The molecule has 3 rings (SSSR count). The van der Waals surface area contributed by atoms with Crippen molar-refractivity contribution in [2.45, 2.75) is 12.1 Å². The van der Waals surface area contributed by atoms with Crippen LogP contribution in [0.1, 0.15) is 5.82 Å². The molecule has 0 radical (unpaired) electrons. The zero-order valence-electron chi connectivity index (χ0n) is 14.9. The van der Waals surface area contributed by atoms with Crippen LogP contribution in [0, 0.1) is 0 Å². The third kappa shape index (κ3) is 3.92. The Bertz CT molecular complexity index is 1010. The molecule has 0 saturated heterocycles. The molecule has 1 aromatic heterocycles. The lowest BCUT2D eigenvalue weighted by atomic mass is 10.3. The smallest absolute Gasteiger partial charge is 0.410 e. The van der Waals surface area contributed by atoms with E-state index in [-0.39, 0.29) is 27.9 Å². The Kier molecular flexibility index (Phi) is 6.39. The molecular weight excluding hydrogens is 503 g/mol. The van der Waals surface area contributed by atoms with Crippen molar-refractivity contribution in [3.8, 4) is 0 Å². The fraction of sp³-hybridized carbons (Fsp3) is 0.467. The molecule has 6 nitrogen and oxygen atoms in total. The minimum atomic E-state index is -5.96. The minimum absolute atomic E-state index is 0.0343. The number of fused-ring (bicyclic) bond motifs is 1. The number of nitrogens with zero attached hydrogens (tertiary/aromatic N) is 4. The molecule has 2 heterocycles. The molecule has 2 aromatic rings. The molecule has 0 amide bonds. The number of likely N-dealkylation sites (N-methyl/N-ethyl adjacent to an activating group) is 1. The van der Waals surface area contributed by atoms with Gasteiger partial charge in [-0.2, -0.15) is 26.7 Å². The lowest BCUT2D eigenvalue weighted by Crippen LogP contribution is -2.40. The summed E-state index contributed by atoms with van der Waals surface area (Å²) in [6, 6.07) is 0. The van der Waals surface area contributed by atoms with Crippen LogP contribution in [0.2, 0.25) is 20.1 Å². The summed E-state index contributed by atoms with van der Waals surface area (Å²) in [6.07, 6.45) is -5.96. The van der Waals surface area contributed by atoms with Gasteiger partial charge < -0.3 is 15.1 Å². The van der Waals surface area contributed by atoms with Crippen molar-refractivity contribution >= 4 is 63.4 Å². The Morgan fingerprint density at radius 1 is 1.03 bits per heavy atom. The van der Waals surface area contributed by atoms with E-state index in [1.807, 2.05) is 0 Å². The molecular formula is C15H12Cl4F5N5O. The molecule has 0 aliphatic carbocycles. The maximum atomic E-state index is 14.2. The molecule has 1 aliphatic heterocycles. The molecule has 1 N–H and O–H groups in total. The highest BCUT2D eigenvalue weighted by Gasteiger charge is 2.62. The van der Waals surface area contributed by atoms with E-state index in [0.29, 0.717) is 19.0 Å². The number of halogens is 9. The average molecular weight is 515 g/mol. The molecule has 1 aliphatic rings. The fourth-order valence-electron chi connectivity index (χ4n) is 2.63. The Morgan fingerprint density at radius 3 is 2.23 bits per heavy atom. The summed E-state index contributed by atoms with van der Waals surface area (Å²) in [5, 5.41) is 1.31. The van der Waals surface area contributed by atoms with Crippen LogP contribution in [-0.2, 0) is 5.92 Å². The summed E-state index contributed by atoms with van der Waals surface area (Å²) in [6.45, 7) is 0.950. The maximum Gasteiger partial charge on any atom is 0.461 e. The highest BCUT2D eigenvalue weighted by Crippen LogP contribution is 2.48. The molecule has 30 heavy (non-hydrogen) atoms. The second-order valence-corrected chi connectivity index (χ2v) is 7.65. The fourth-order valence-corrected chi connectivity index (χ4v) is 3.58. The molecule has 0 fully saturated rings. The SMILES string of the molecule is CN1CCN=C1NCCOn1c(C(F)(F)C(F)(F)F)nc2c(Cl)c(Cl)c(Cl)c(Cl)c21. The van der Waals surface area contributed by atoms with E-state index < -0.39 is 39.0 Å². The first-order valence-corrected chi connectivity index (χ1v) is 9.71. The van der Waals surface area contributed by atoms with Crippen molar-refractivity contribution in [1.82, 2.24) is 19.9 Å². The van der Waals surface area contributed by atoms with Crippen LogP contribution in [0.3, 0.4) is 0 Å². The minimum Gasteiger partial charge on any atom is -0.410 e. The first-order chi connectivity index (χ1) is 13.9. The predicted molar refractivity (Wildman–Crippen MR) is 104 cm³/mol. The van der Waals surface area contributed by atoms with Gasteiger partial charge in [0.1, 0.15) is 17.6 Å². The Morgan fingerprint density at radius 2 is 1.67 bits per heavy atom. The lowest BCUT2D eigenvalue weighted by Gasteiger charge is -2.21. The number of alkyl halides is 5. The molecule has 0 spiro atoms. The highest BCUT2D eigenvalue weighted by molar-refractivity contribution is 6.55. The molecule has 0 unspecified atom stereocenters. The normalized spacial score (nSPS) is 15.1. The number of guanidine groups is 1. The Labute approximate surface area is 186 Å². The van der Waals surface area contributed by atoms with Crippen LogP contribution in [0.4, 0.5) is 22.0 Å². The number of hydrogen-bond donors (Lipinski definition) is 1. The van der Waals surface area contributed by atoms with Crippen LogP contribution in [-0.4, -0.2) is 60.0 Å².